The van der Waals surface area contributed by atoms with E-state index in [1.165, 1.54) is 12.8 Å². The molecule has 0 aromatic rings. The molecule has 12 heavy (non-hydrogen) atoms. The molecule has 0 saturated carbocycles. The third-order valence-electron chi connectivity index (χ3n) is 1.73. The SMILES string of the molecule is C#CC(C)NCCCCCOC. The quantitative estimate of drug-likeness (QED) is 0.459. The highest BCUT2D eigenvalue weighted by molar-refractivity contribution is 4.95. The Morgan fingerprint density at radius 2 is 2.17 bits per heavy atom. The lowest BCUT2D eigenvalue weighted by molar-refractivity contribution is 0.192. The van der Waals surface area contributed by atoms with Gasteiger partial charge in [-0.3, -0.25) is 0 Å². The molecule has 0 amide bonds. The average Bonchev–Trinajstić information content (AvgIpc) is 2.10. The van der Waals surface area contributed by atoms with E-state index in [0.29, 0.717) is 0 Å². The van der Waals surface area contributed by atoms with E-state index in [2.05, 4.69) is 11.2 Å². The van der Waals surface area contributed by atoms with Gasteiger partial charge in [0.2, 0.25) is 0 Å². The van der Waals surface area contributed by atoms with Gasteiger partial charge in [0.25, 0.3) is 0 Å². The highest BCUT2D eigenvalue weighted by Gasteiger charge is 1.93. The summed E-state index contributed by atoms with van der Waals surface area (Å²) in [5.74, 6) is 2.63. The lowest BCUT2D eigenvalue weighted by atomic mass is 10.2. The number of unbranched alkanes of at least 4 members (excludes halogenated alkanes) is 2. The summed E-state index contributed by atoms with van der Waals surface area (Å²) in [5, 5.41) is 3.23. The van der Waals surface area contributed by atoms with Crippen molar-refractivity contribution in [2.45, 2.75) is 32.2 Å². The average molecular weight is 169 g/mol. The molecular formula is C10H19NO. The van der Waals surface area contributed by atoms with Gasteiger partial charge in [0.15, 0.2) is 0 Å². The van der Waals surface area contributed by atoms with Crippen molar-refractivity contribution >= 4 is 0 Å². The van der Waals surface area contributed by atoms with Crippen molar-refractivity contribution in [3.63, 3.8) is 0 Å². The molecule has 1 N–H and O–H groups in total. The predicted octanol–water partition coefficient (Wildman–Crippen LogP) is 1.41. The Bertz CT molecular complexity index is 128. The number of nitrogens with one attached hydrogen (secondary N) is 1. The van der Waals surface area contributed by atoms with Crippen molar-refractivity contribution in [2.24, 2.45) is 0 Å². The fourth-order valence-electron chi connectivity index (χ4n) is 0.926. The van der Waals surface area contributed by atoms with E-state index in [9.17, 15) is 0 Å². The Labute approximate surface area is 75.7 Å². The first-order chi connectivity index (χ1) is 5.81. The fraction of sp³-hybridized carbons (Fsp3) is 0.800. The summed E-state index contributed by atoms with van der Waals surface area (Å²) < 4.78 is 4.94. The van der Waals surface area contributed by atoms with Crippen LogP contribution in [-0.2, 0) is 4.74 Å². The third kappa shape index (κ3) is 7.59. The summed E-state index contributed by atoms with van der Waals surface area (Å²) in [4.78, 5) is 0. The highest BCUT2D eigenvalue weighted by atomic mass is 16.5. The second-order valence-electron chi connectivity index (χ2n) is 2.90. The monoisotopic (exact) mass is 169 g/mol. The summed E-state index contributed by atoms with van der Waals surface area (Å²) in [6, 6.07) is 0.201. The number of hydrogen-bond donors (Lipinski definition) is 1. The molecule has 0 fully saturated rings. The lowest BCUT2D eigenvalue weighted by Gasteiger charge is -2.06. The Morgan fingerprint density at radius 3 is 2.75 bits per heavy atom. The van der Waals surface area contributed by atoms with E-state index in [-0.39, 0.29) is 6.04 Å². The van der Waals surface area contributed by atoms with Gasteiger partial charge in [0, 0.05) is 13.7 Å². The lowest BCUT2D eigenvalue weighted by Crippen LogP contribution is -2.25. The summed E-state index contributed by atoms with van der Waals surface area (Å²) in [5.41, 5.74) is 0. The smallest absolute Gasteiger partial charge is 0.0658 e. The van der Waals surface area contributed by atoms with Gasteiger partial charge in [0.1, 0.15) is 0 Å². The van der Waals surface area contributed by atoms with Gasteiger partial charge >= 0.3 is 0 Å². The van der Waals surface area contributed by atoms with Crippen LogP contribution >= 0.6 is 0 Å². The normalized spacial score (nSPS) is 12.4. The van der Waals surface area contributed by atoms with Gasteiger partial charge in [-0.2, -0.15) is 0 Å². The number of terminal acetylenes is 1. The highest BCUT2D eigenvalue weighted by Crippen LogP contribution is 1.94. The van der Waals surface area contributed by atoms with Crippen molar-refractivity contribution in [2.75, 3.05) is 20.3 Å². The Morgan fingerprint density at radius 1 is 1.42 bits per heavy atom. The van der Waals surface area contributed by atoms with Crippen LogP contribution < -0.4 is 5.32 Å². The van der Waals surface area contributed by atoms with Gasteiger partial charge in [-0.1, -0.05) is 5.92 Å². The predicted molar refractivity (Wildman–Crippen MR) is 52.0 cm³/mol. The van der Waals surface area contributed by atoms with E-state index >= 15 is 0 Å². The maximum Gasteiger partial charge on any atom is 0.0658 e. The molecule has 0 bridgehead atoms. The van der Waals surface area contributed by atoms with E-state index in [1.807, 2.05) is 6.92 Å². The molecule has 0 saturated heterocycles. The minimum absolute atomic E-state index is 0.201. The Hall–Kier alpha value is -0.520. The second-order valence-corrected chi connectivity index (χ2v) is 2.90. The molecule has 0 rings (SSSR count). The minimum Gasteiger partial charge on any atom is -0.385 e. The van der Waals surface area contributed by atoms with Gasteiger partial charge < -0.3 is 10.1 Å². The van der Waals surface area contributed by atoms with Gasteiger partial charge in [-0.25, -0.2) is 0 Å². The molecule has 0 aromatic heterocycles. The molecule has 0 aliphatic heterocycles. The molecule has 2 heteroatoms. The molecule has 2 nitrogen and oxygen atoms in total. The van der Waals surface area contributed by atoms with Crippen LogP contribution in [0.4, 0.5) is 0 Å². The van der Waals surface area contributed by atoms with Crippen LogP contribution in [0.25, 0.3) is 0 Å². The third-order valence-corrected chi connectivity index (χ3v) is 1.73. The minimum atomic E-state index is 0.201. The Kier molecular flexibility index (Phi) is 8.20. The van der Waals surface area contributed by atoms with E-state index in [0.717, 1.165) is 19.6 Å². The fourth-order valence-corrected chi connectivity index (χ4v) is 0.926. The Balaban J connectivity index is 2.96. The van der Waals surface area contributed by atoms with Crippen molar-refractivity contribution < 1.29 is 4.74 Å². The van der Waals surface area contributed by atoms with Crippen LogP contribution in [0.2, 0.25) is 0 Å². The van der Waals surface area contributed by atoms with Crippen LogP contribution in [0.5, 0.6) is 0 Å². The number of rotatable bonds is 7. The number of methoxy groups -OCH3 is 1. The molecule has 0 aliphatic rings. The zero-order chi connectivity index (χ0) is 9.23. The van der Waals surface area contributed by atoms with Crippen molar-refractivity contribution in [3.8, 4) is 12.3 Å². The molecule has 0 heterocycles. The van der Waals surface area contributed by atoms with Crippen LogP contribution in [0, 0.1) is 12.3 Å². The number of ether oxygens (including phenoxy) is 1. The van der Waals surface area contributed by atoms with Gasteiger partial charge in [-0.15, -0.1) is 6.42 Å². The molecule has 0 radical (unpaired) electrons. The standard InChI is InChI=1S/C10H19NO/c1-4-10(2)11-8-6-5-7-9-12-3/h1,10-11H,5-9H2,2-3H3. The first kappa shape index (κ1) is 11.5. The topological polar surface area (TPSA) is 21.3 Å². The van der Waals surface area contributed by atoms with E-state index < -0.39 is 0 Å². The van der Waals surface area contributed by atoms with Crippen LogP contribution in [0.1, 0.15) is 26.2 Å². The van der Waals surface area contributed by atoms with Crippen molar-refractivity contribution in [1.82, 2.24) is 5.32 Å². The largest absolute Gasteiger partial charge is 0.385 e. The molecule has 0 aliphatic carbocycles. The van der Waals surface area contributed by atoms with Crippen LogP contribution in [0.3, 0.4) is 0 Å². The second kappa shape index (κ2) is 8.58. The number of hydrogen-bond acceptors (Lipinski definition) is 2. The first-order valence-electron chi connectivity index (χ1n) is 4.49. The van der Waals surface area contributed by atoms with Gasteiger partial charge in [0.05, 0.1) is 6.04 Å². The summed E-state index contributed by atoms with van der Waals surface area (Å²) >= 11 is 0. The van der Waals surface area contributed by atoms with E-state index in [1.54, 1.807) is 7.11 Å². The molecular weight excluding hydrogens is 150 g/mol. The molecule has 1 unspecified atom stereocenters. The maximum atomic E-state index is 5.20. The zero-order valence-electron chi connectivity index (χ0n) is 8.10. The molecule has 1 atom stereocenters. The zero-order valence-corrected chi connectivity index (χ0v) is 8.10. The van der Waals surface area contributed by atoms with E-state index in [4.69, 9.17) is 11.2 Å². The summed E-state index contributed by atoms with van der Waals surface area (Å²) in [7, 11) is 1.73. The van der Waals surface area contributed by atoms with Crippen molar-refractivity contribution in [1.29, 1.82) is 0 Å². The first-order valence-corrected chi connectivity index (χ1v) is 4.49. The maximum absolute atomic E-state index is 5.20. The van der Waals surface area contributed by atoms with Crippen molar-refractivity contribution in [3.05, 3.63) is 0 Å². The molecule has 0 aromatic carbocycles. The van der Waals surface area contributed by atoms with Crippen LogP contribution in [0.15, 0.2) is 0 Å². The summed E-state index contributed by atoms with van der Waals surface area (Å²) in [6.07, 6.45) is 8.73. The summed E-state index contributed by atoms with van der Waals surface area (Å²) in [6.45, 7) is 3.87. The van der Waals surface area contributed by atoms with Gasteiger partial charge in [-0.05, 0) is 32.7 Å². The van der Waals surface area contributed by atoms with Crippen LogP contribution in [-0.4, -0.2) is 26.3 Å². The molecule has 0 spiro atoms. The molecule has 70 valence electrons.